The molecule has 0 heterocycles. The zero-order valence-electron chi connectivity index (χ0n) is 9.69. The number of nitrogens with one attached hydrogen (secondary N) is 1. The number of anilines is 1. The summed E-state index contributed by atoms with van der Waals surface area (Å²) in [6.07, 6.45) is 0.972. The Kier molecular flexibility index (Phi) is 4.10. The Bertz CT molecular complexity index is 379. The molecule has 0 aromatic heterocycles. The monoisotopic (exact) mass is 224 g/mol. The molecule has 0 fully saturated rings. The minimum Gasteiger partial charge on any atom is -0.494 e. The molecule has 0 bridgehead atoms. The first kappa shape index (κ1) is 12.3. The summed E-state index contributed by atoms with van der Waals surface area (Å²) in [7, 11) is 1.50. The number of nitro benzene ring substituents is 1. The molecule has 0 aliphatic rings. The summed E-state index contributed by atoms with van der Waals surface area (Å²) in [6.45, 7) is 4.11. The Morgan fingerprint density at radius 1 is 1.56 bits per heavy atom. The van der Waals surface area contributed by atoms with Gasteiger partial charge in [0.05, 0.1) is 23.8 Å². The molecular formula is C11H16N2O3. The molecule has 0 aliphatic heterocycles. The van der Waals surface area contributed by atoms with Crippen LogP contribution in [0.4, 0.5) is 11.4 Å². The molecule has 0 saturated heterocycles. The molecular weight excluding hydrogens is 208 g/mol. The SMILES string of the molecule is CCC(C)Nc1ccc([N+](=O)[O-])cc1OC. The Morgan fingerprint density at radius 2 is 2.25 bits per heavy atom. The van der Waals surface area contributed by atoms with Gasteiger partial charge in [0.25, 0.3) is 5.69 Å². The maximum Gasteiger partial charge on any atom is 0.273 e. The van der Waals surface area contributed by atoms with Crippen LogP contribution in [-0.4, -0.2) is 18.1 Å². The molecule has 0 spiro atoms. The van der Waals surface area contributed by atoms with Crippen LogP contribution in [0, 0.1) is 10.1 Å². The normalized spacial score (nSPS) is 11.9. The minimum atomic E-state index is -0.435. The standard InChI is InChI=1S/C11H16N2O3/c1-4-8(2)12-10-6-5-9(13(14)15)7-11(10)16-3/h5-8,12H,4H2,1-3H3. The van der Waals surface area contributed by atoms with E-state index in [-0.39, 0.29) is 5.69 Å². The lowest BCUT2D eigenvalue weighted by molar-refractivity contribution is -0.384. The Hall–Kier alpha value is -1.78. The largest absolute Gasteiger partial charge is 0.494 e. The predicted octanol–water partition coefficient (Wildman–Crippen LogP) is 2.81. The number of benzene rings is 1. The highest BCUT2D eigenvalue weighted by molar-refractivity contribution is 5.61. The van der Waals surface area contributed by atoms with E-state index >= 15 is 0 Å². The molecule has 1 N–H and O–H groups in total. The van der Waals surface area contributed by atoms with E-state index in [2.05, 4.69) is 12.2 Å². The van der Waals surface area contributed by atoms with Gasteiger partial charge in [-0.2, -0.15) is 0 Å². The fraction of sp³-hybridized carbons (Fsp3) is 0.455. The van der Waals surface area contributed by atoms with Crippen LogP contribution in [0.3, 0.4) is 0 Å². The van der Waals surface area contributed by atoms with Gasteiger partial charge in [0.15, 0.2) is 0 Å². The summed E-state index contributed by atoms with van der Waals surface area (Å²) >= 11 is 0. The topological polar surface area (TPSA) is 64.4 Å². The molecule has 1 unspecified atom stereocenters. The lowest BCUT2D eigenvalue weighted by Crippen LogP contribution is -2.14. The average Bonchev–Trinajstić information content (AvgIpc) is 2.29. The first-order chi connectivity index (χ1) is 7.58. The van der Waals surface area contributed by atoms with E-state index in [0.717, 1.165) is 12.1 Å². The molecule has 1 rings (SSSR count). The molecule has 0 amide bonds. The van der Waals surface area contributed by atoms with Gasteiger partial charge in [0.2, 0.25) is 0 Å². The van der Waals surface area contributed by atoms with Gasteiger partial charge in [0.1, 0.15) is 5.75 Å². The molecule has 0 saturated carbocycles. The smallest absolute Gasteiger partial charge is 0.273 e. The second-order valence-electron chi connectivity index (χ2n) is 3.60. The van der Waals surface area contributed by atoms with Gasteiger partial charge < -0.3 is 10.1 Å². The third-order valence-corrected chi connectivity index (χ3v) is 2.41. The van der Waals surface area contributed by atoms with E-state index in [1.165, 1.54) is 19.2 Å². The minimum absolute atomic E-state index is 0.0338. The van der Waals surface area contributed by atoms with Crippen LogP contribution in [-0.2, 0) is 0 Å². The number of hydrogen-bond acceptors (Lipinski definition) is 4. The van der Waals surface area contributed by atoms with Gasteiger partial charge in [-0.25, -0.2) is 0 Å². The Balaban J connectivity index is 2.97. The third kappa shape index (κ3) is 2.85. The quantitative estimate of drug-likeness (QED) is 0.617. The van der Waals surface area contributed by atoms with Crippen molar-refractivity contribution in [1.29, 1.82) is 0 Å². The number of methoxy groups -OCH3 is 1. The summed E-state index contributed by atoms with van der Waals surface area (Å²) in [6, 6.07) is 4.86. The van der Waals surface area contributed by atoms with Crippen molar-refractivity contribution >= 4 is 11.4 Å². The van der Waals surface area contributed by atoms with Gasteiger partial charge in [-0.1, -0.05) is 6.92 Å². The Labute approximate surface area is 94.6 Å². The summed E-state index contributed by atoms with van der Waals surface area (Å²) in [5.41, 5.74) is 0.814. The highest BCUT2D eigenvalue weighted by atomic mass is 16.6. The maximum atomic E-state index is 10.6. The molecule has 1 aromatic carbocycles. The summed E-state index contributed by atoms with van der Waals surface area (Å²) in [5.74, 6) is 0.495. The van der Waals surface area contributed by atoms with Gasteiger partial charge >= 0.3 is 0 Å². The van der Waals surface area contributed by atoms with Crippen molar-refractivity contribution in [2.75, 3.05) is 12.4 Å². The van der Waals surface area contributed by atoms with Crippen molar-refractivity contribution in [1.82, 2.24) is 0 Å². The van der Waals surface area contributed by atoms with Crippen molar-refractivity contribution in [3.8, 4) is 5.75 Å². The van der Waals surface area contributed by atoms with Crippen molar-refractivity contribution in [2.24, 2.45) is 0 Å². The van der Waals surface area contributed by atoms with Crippen LogP contribution in [0.1, 0.15) is 20.3 Å². The van der Waals surface area contributed by atoms with Crippen molar-refractivity contribution < 1.29 is 9.66 Å². The first-order valence-corrected chi connectivity index (χ1v) is 5.17. The maximum absolute atomic E-state index is 10.6. The third-order valence-electron chi connectivity index (χ3n) is 2.41. The fourth-order valence-electron chi connectivity index (χ4n) is 1.28. The van der Waals surface area contributed by atoms with Crippen LogP contribution in [0.15, 0.2) is 18.2 Å². The van der Waals surface area contributed by atoms with Crippen LogP contribution >= 0.6 is 0 Å². The molecule has 5 nitrogen and oxygen atoms in total. The van der Waals surface area contributed by atoms with E-state index in [1.54, 1.807) is 6.07 Å². The van der Waals surface area contributed by atoms with E-state index in [1.807, 2.05) is 6.92 Å². The van der Waals surface area contributed by atoms with Gasteiger partial charge in [-0.05, 0) is 19.4 Å². The van der Waals surface area contributed by atoms with Crippen molar-refractivity contribution in [2.45, 2.75) is 26.3 Å². The fourth-order valence-corrected chi connectivity index (χ4v) is 1.28. The van der Waals surface area contributed by atoms with E-state index < -0.39 is 4.92 Å². The van der Waals surface area contributed by atoms with Crippen LogP contribution in [0.25, 0.3) is 0 Å². The van der Waals surface area contributed by atoms with Gasteiger partial charge in [-0.15, -0.1) is 0 Å². The van der Waals surface area contributed by atoms with Crippen molar-refractivity contribution in [3.05, 3.63) is 28.3 Å². The summed E-state index contributed by atoms with van der Waals surface area (Å²) in [5, 5.41) is 13.8. The van der Waals surface area contributed by atoms with Crippen LogP contribution in [0.2, 0.25) is 0 Å². The molecule has 1 aromatic rings. The number of non-ortho nitro benzene ring substituents is 1. The molecule has 88 valence electrons. The van der Waals surface area contributed by atoms with E-state index in [4.69, 9.17) is 4.74 Å². The molecule has 0 radical (unpaired) electrons. The van der Waals surface area contributed by atoms with Gasteiger partial charge in [-0.3, -0.25) is 10.1 Å². The lowest BCUT2D eigenvalue weighted by atomic mass is 10.2. The second-order valence-corrected chi connectivity index (χ2v) is 3.60. The number of ether oxygens (including phenoxy) is 1. The number of rotatable bonds is 5. The zero-order valence-corrected chi connectivity index (χ0v) is 9.69. The average molecular weight is 224 g/mol. The zero-order chi connectivity index (χ0) is 12.1. The first-order valence-electron chi connectivity index (χ1n) is 5.17. The second kappa shape index (κ2) is 5.34. The molecule has 16 heavy (non-hydrogen) atoms. The molecule has 5 heteroatoms. The van der Waals surface area contributed by atoms with Crippen LogP contribution in [0.5, 0.6) is 5.75 Å². The lowest BCUT2D eigenvalue weighted by Gasteiger charge is -2.15. The van der Waals surface area contributed by atoms with E-state index in [9.17, 15) is 10.1 Å². The highest BCUT2D eigenvalue weighted by Crippen LogP contribution is 2.29. The van der Waals surface area contributed by atoms with Gasteiger partial charge in [0, 0.05) is 12.1 Å². The highest BCUT2D eigenvalue weighted by Gasteiger charge is 2.12. The number of nitro groups is 1. The molecule has 1 atom stereocenters. The number of nitrogens with zero attached hydrogens (tertiary/aromatic N) is 1. The predicted molar refractivity (Wildman–Crippen MR) is 63.0 cm³/mol. The summed E-state index contributed by atoms with van der Waals surface area (Å²) < 4.78 is 5.11. The van der Waals surface area contributed by atoms with Crippen molar-refractivity contribution in [3.63, 3.8) is 0 Å². The summed E-state index contributed by atoms with van der Waals surface area (Å²) in [4.78, 5) is 10.2. The Morgan fingerprint density at radius 3 is 2.75 bits per heavy atom. The van der Waals surface area contributed by atoms with E-state index in [0.29, 0.717) is 11.8 Å². The number of hydrogen-bond donors (Lipinski definition) is 1. The van der Waals surface area contributed by atoms with Crippen LogP contribution < -0.4 is 10.1 Å². The molecule has 0 aliphatic carbocycles.